The fourth-order valence-corrected chi connectivity index (χ4v) is 4.35. The number of nitrogens with zero attached hydrogens (tertiary/aromatic N) is 1. The van der Waals surface area contributed by atoms with E-state index in [2.05, 4.69) is 4.98 Å². The van der Waals surface area contributed by atoms with Crippen LogP contribution in [-0.4, -0.2) is 39.2 Å². The molecule has 1 unspecified atom stereocenters. The van der Waals surface area contributed by atoms with E-state index in [4.69, 9.17) is 16.3 Å². The number of aromatic amines is 1. The second-order valence-electron chi connectivity index (χ2n) is 8.84. The molecule has 0 spiro atoms. The second kappa shape index (κ2) is 7.93. The number of likely N-dealkylation sites (tertiary alicyclic amines) is 1. The Balaban J connectivity index is 1.62. The van der Waals surface area contributed by atoms with Crippen molar-refractivity contribution in [2.75, 3.05) is 6.54 Å². The average molecular weight is 441 g/mol. The van der Waals surface area contributed by atoms with Crippen molar-refractivity contribution in [3.05, 3.63) is 58.7 Å². The number of hydrogen-bond acceptors (Lipinski definition) is 3. The number of aromatic carboxylic acids is 1. The van der Waals surface area contributed by atoms with Crippen molar-refractivity contribution >= 4 is 34.6 Å². The zero-order valence-corrected chi connectivity index (χ0v) is 18.5. The molecule has 1 amide bonds. The van der Waals surface area contributed by atoms with E-state index in [1.165, 1.54) is 6.20 Å². The minimum Gasteiger partial charge on any atom is -0.478 e. The van der Waals surface area contributed by atoms with Crippen LogP contribution in [-0.2, 0) is 4.74 Å². The third kappa shape index (κ3) is 4.26. The highest BCUT2D eigenvalue weighted by Gasteiger charge is 2.33. The van der Waals surface area contributed by atoms with Gasteiger partial charge in [-0.2, -0.15) is 0 Å². The number of carbonyl (C=O) groups excluding carboxylic acids is 1. The van der Waals surface area contributed by atoms with Gasteiger partial charge < -0.3 is 19.7 Å². The Morgan fingerprint density at radius 1 is 1.19 bits per heavy atom. The standard InChI is InChI=1S/C24H25ClN2O4/c1-24(2,3)31-23(30)27-10-4-5-21(27)15-8-6-14(7-9-15)16-11-17-18(22(28)29)13-26-20(17)12-19(16)25/h6-9,11-13,21,26H,4-5,10H2,1-3H3,(H,28,29). The largest absolute Gasteiger partial charge is 0.478 e. The van der Waals surface area contributed by atoms with Crippen molar-refractivity contribution in [3.63, 3.8) is 0 Å². The van der Waals surface area contributed by atoms with Crippen LogP contribution in [0.5, 0.6) is 0 Å². The van der Waals surface area contributed by atoms with Crippen LogP contribution in [0.25, 0.3) is 22.0 Å². The zero-order valence-electron chi connectivity index (χ0n) is 17.7. The van der Waals surface area contributed by atoms with Crippen molar-refractivity contribution in [1.29, 1.82) is 0 Å². The van der Waals surface area contributed by atoms with E-state index in [9.17, 15) is 14.7 Å². The molecule has 1 saturated heterocycles. The molecule has 162 valence electrons. The average Bonchev–Trinajstić information content (AvgIpc) is 3.33. The van der Waals surface area contributed by atoms with Crippen LogP contribution in [0, 0.1) is 0 Å². The van der Waals surface area contributed by atoms with Crippen LogP contribution in [0.3, 0.4) is 0 Å². The molecule has 0 saturated carbocycles. The number of aromatic nitrogens is 1. The number of carbonyl (C=O) groups is 2. The Morgan fingerprint density at radius 3 is 2.55 bits per heavy atom. The molecule has 1 atom stereocenters. The number of carboxylic acid groups (broad SMARTS) is 1. The Morgan fingerprint density at radius 2 is 1.90 bits per heavy atom. The molecule has 6 nitrogen and oxygen atoms in total. The molecular weight excluding hydrogens is 416 g/mol. The molecule has 0 aliphatic carbocycles. The van der Waals surface area contributed by atoms with Gasteiger partial charge in [-0.25, -0.2) is 9.59 Å². The first kappa shape index (κ1) is 21.2. The summed E-state index contributed by atoms with van der Waals surface area (Å²) in [4.78, 5) is 28.8. The highest BCUT2D eigenvalue weighted by molar-refractivity contribution is 6.34. The van der Waals surface area contributed by atoms with E-state index in [0.717, 1.165) is 29.5 Å². The first-order valence-corrected chi connectivity index (χ1v) is 10.7. The fraction of sp³-hybridized carbons (Fsp3) is 0.333. The van der Waals surface area contributed by atoms with Gasteiger partial charge in [0.2, 0.25) is 0 Å². The maximum Gasteiger partial charge on any atom is 0.410 e. The normalized spacial score (nSPS) is 16.6. The number of ether oxygens (including phenoxy) is 1. The molecule has 1 aromatic heterocycles. The van der Waals surface area contributed by atoms with Crippen LogP contribution in [0.1, 0.15) is 55.6 Å². The predicted molar refractivity (Wildman–Crippen MR) is 121 cm³/mol. The quantitative estimate of drug-likeness (QED) is 0.503. The lowest BCUT2D eigenvalue weighted by atomic mass is 9.98. The summed E-state index contributed by atoms with van der Waals surface area (Å²) in [5, 5.41) is 10.6. The van der Waals surface area contributed by atoms with E-state index in [-0.39, 0.29) is 17.7 Å². The van der Waals surface area contributed by atoms with Gasteiger partial charge in [0.15, 0.2) is 0 Å². The molecule has 7 heteroatoms. The monoisotopic (exact) mass is 440 g/mol. The summed E-state index contributed by atoms with van der Waals surface area (Å²) in [6.07, 6.45) is 3.00. The van der Waals surface area contributed by atoms with Gasteiger partial charge in [0, 0.05) is 29.2 Å². The summed E-state index contributed by atoms with van der Waals surface area (Å²) in [6.45, 7) is 6.28. The summed E-state index contributed by atoms with van der Waals surface area (Å²) in [5.41, 5.74) is 3.05. The number of benzene rings is 2. The van der Waals surface area contributed by atoms with Crippen LogP contribution in [0.4, 0.5) is 4.79 Å². The predicted octanol–water partition coefficient (Wildman–Crippen LogP) is 6.26. The molecule has 1 aliphatic rings. The van der Waals surface area contributed by atoms with Gasteiger partial charge in [-0.1, -0.05) is 35.9 Å². The number of nitrogens with one attached hydrogen (secondary N) is 1. The third-order valence-electron chi connectivity index (χ3n) is 5.49. The van der Waals surface area contributed by atoms with Crippen LogP contribution >= 0.6 is 11.6 Å². The summed E-state index contributed by atoms with van der Waals surface area (Å²) < 4.78 is 5.56. The van der Waals surface area contributed by atoms with Gasteiger partial charge in [-0.15, -0.1) is 0 Å². The number of rotatable bonds is 3. The SMILES string of the molecule is CC(C)(C)OC(=O)N1CCCC1c1ccc(-c2cc3c(C(=O)O)c[nH]c3cc2Cl)cc1. The fourth-order valence-electron chi connectivity index (χ4n) is 4.08. The molecular formula is C24H25ClN2O4. The van der Waals surface area contributed by atoms with Gasteiger partial charge >= 0.3 is 12.1 Å². The van der Waals surface area contributed by atoms with Gasteiger partial charge in [-0.3, -0.25) is 0 Å². The molecule has 1 aliphatic heterocycles. The maximum atomic E-state index is 12.6. The molecule has 3 aromatic rings. The van der Waals surface area contributed by atoms with Gasteiger partial charge in [0.25, 0.3) is 0 Å². The third-order valence-corrected chi connectivity index (χ3v) is 5.80. The van der Waals surface area contributed by atoms with E-state index < -0.39 is 11.6 Å². The van der Waals surface area contributed by atoms with E-state index >= 15 is 0 Å². The van der Waals surface area contributed by atoms with Crippen LogP contribution in [0.15, 0.2) is 42.6 Å². The number of amides is 1. The second-order valence-corrected chi connectivity index (χ2v) is 9.25. The Labute approximate surface area is 185 Å². The lowest BCUT2D eigenvalue weighted by Crippen LogP contribution is -2.36. The lowest BCUT2D eigenvalue weighted by molar-refractivity contribution is 0.0224. The number of fused-ring (bicyclic) bond motifs is 1. The number of H-pyrrole nitrogens is 1. The minimum absolute atomic E-state index is 0.0230. The van der Waals surface area contributed by atoms with Crippen molar-refractivity contribution in [3.8, 4) is 11.1 Å². The number of hydrogen-bond donors (Lipinski definition) is 2. The van der Waals surface area contributed by atoms with Crippen molar-refractivity contribution in [1.82, 2.24) is 9.88 Å². The number of halogens is 1. The van der Waals surface area contributed by atoms with Crippen molar-refractivity contribution in [2.24, 2.45) is 0 Å². The van der Waals surface area contributed by atoms with Gasteiger partial charge in [0.05, 0.1) is 16.6 Å². The molecule has 2 heterocycles. The van der Waals surface area contributed by atoms with Crippen LogP contribution in [0.2, 0.25) is 5.02 Å². The topological polar surface area (TPSA) is 82.6 Å². The van der Waals surface area contributed by atoms with E-state index in [1.54, 1.807) is 17.0 Å². The molecule has 0 radical (unpaired) electrons. The first-order chi connectivity index (χ1) is 14.6. The lowest BCUT2D eigenvalue weighted by Gasteiger charge is -2.29. The Hall–Kier alpha value is -2.99. The molecule has 2 N–H and O–H groups in total. The van der Waals surface area contributed by atoms with Gasteiger partial charge in [0.1, 0.15) is 5.60 Å². The van der Waals surface area contributed by atoms with Gasteiger partial charge in [-0.05, 0) is 56.9 Å². The van der Waals surface area contributed by atoms with Crippen LogP contribution < -0.4 is 0 Å². The molecule has 31 heavy (non-hydrogen) atoms. The zero-order chi connectivity index (χ0) is 22.3. The van der Waals surface area contributed by atoms with Crippen molar-refractivity contribution < 1.29 is 19.4 Å². The number of carboxylic acids is 1. The van der Waals surface area contributed by atoms with E-state index in [1.807, 2.05) is 45.0 Å². The van der Waals surface area contributed by atoms with Crippen molar-refractivity contribution in [2.45, 2.75) is 45.3 Å². The first-order valence-electron chi connectivity index (χ1n) is 10.3. The van der Waals surface area contributed by atoms with E-state index in [0.29, 0.717) is 22.5 Å². The molecule has 4 rings (SSSR count). The highest BCUT2D eigenvalue weighted by Crippen LogP contribution is 2.37. The molecule has 0 bridgehead atoms. The summed E-state index contributed by atoms with van der Waals surface area (Å²) in [7, 11) is 0. The summed E-state index contributed by atoms with van der Waals surface area (Å²) in [6, 6.07) is 11.4. The summed E-state index contributed by atoms with van der Waals surface area (Å²) >= 11 is 6.48. The minimum atomic E-state index is -0.988. The molecule has 1 fully saturated rings. The molecule has 2 aromatic carbocycles. The highest BCUT2D eigenvalue weighted by atomic mass is 35.5. The smallest absolute Gasteiger partial charge is 0.410 e. The Bertz CT molecular complexity index is 1140. The summed E-state index contributed by atoms with van der Waals surface area (Å²) in [5.74, 6) is -0.988. The Kier molecular flexibility index (Phi) is 5.43. The maximum absolute atomic E-state index is 12.6.